The molecule has 1 aliphatic rings. The summed E-state index contributed by atoms with van der Waals surface area (Å²) in [5, 5.41) is 0. The number of rotatable bonds is 15. The van der Waals surface area contributed by atoms with Gasteiger partial charge < -0.3 is 23.7 Å². The molecule has 5 aromatic carbocycles. The highest BCUT2D eigenvalue weighted by Gasteiger charge is 2.50. The van der Waals surface area contributed by atoms with E-state index in [1.54, 1.807) is 0 Å². The maximum Gasteiger partial charge on any atom is 0.166 e. The van der Waals surface area contributed by atoms with Crippen LogP contribution in [0.2, 0.25) is 0 Å². The molecule has 6 nitrogen and oxygen atoms in total. The van der Waals surface area contributed by atoms with Crippen LogP contribution in [0.15, 0.2) is 157 Å². The van der Waals surface area contributed by atoms with Crippen molar-refractivity contribution >= 4 is 10.8 Å². The minimum absolute atomic E-state index is 0.216. The van der Waals surface area contributed by atoms with Gasteiger partial charge in [0.2, 0.25) is 0 Å². The molecule has 0 spiro atoms. The fourth-order valence-corrected chi connectivity index (χ4v) is 7.02. The van der Waals surface area contributed by atoms with E-state index in [9.17, 15) is 4.21 Å². The van der Waals surface area contributed by atoms with E-state index >= 15 is 0 Å². The van der Waals surface area contributed by atoms with Gasteiger partial charge in [-0.05, 0) is 34.4 Å². The van der Waals surface area contributed by atoms with Crippen molar-refractivity contribution in [3.05, 3.63) is 174 Å². The van der Waals surface area contributed by atoms with E-state index in [1.165, 1.54) is 0 Å². The van der Waals surface area contributed by atoms with Gasteiger partial charge >= 0.3 is 0 Å². The normalized spacial score (nSPS) is 21.7. The van der Waals surface area contributed by atoms with Crippen LogP contribution in [0.4, 0.5) is 0 Å². The van der Waals surface area contributed by atoms with Gasteiger partial charge in [0.1, 0.15) is 24.4 Å². The summed E-state index contributed by atoms with van der Waals surface area (Å²) >= 11 is 0. The third kappa shape index (κ3) is 9.32. The molecule has 0 saturated carbocycles. The number of hydrogen-bond donors (Lipinski definition) is 0. The van der Waals surface area contributed by atoms with Crippen LogP contribution >= 0.6 is 0 Å². The van der Waals surface area contributed by atoms with Crippen molar-refractivity contribution in [1.29, 1.82) is 0 Å². The lowest BCUT2D eigenvalue weighted by Crippen LogP contribution is -2.62. The predicted molar refractivity (Wildman–Crippen MR) is 183 cm³/mol. The van der Waals surface area contributed by atoms with Gasteiger partial charge in [-0.15, -0.1) is 0 Å². The van der Waals surface area contributed by atoms with Crippen LogP contribution in [0.1, 0.15) is 22.3 Å². The summed E-state index contributed by atoms with van der Waals surface area (Å²) in [7, 11) is -1.58. The second-order valence-corrected chi connectivity index (χ2v) is 13.0. The topological polar surface area (TPSA) is 63.2 Å². The summed E-state index contributed by atoms with van der Waals surface area (Å²) < 4.78 is 47.5. The second-order valence-electron chi connectivity index (χ2n) is 11.4. The summed E-state index contributed by atoms with van der Waals surface area (Å²) in [6, 6.07) is 49.4. The van der Waals surface area contributed by atoms with E-state index in [-0.39, 0.29) is 6.61 Å². The highest BCUT2D eigenvalue weighted by molar-refractivity contribution is 7.85. The van der Waals surface area contributed by atoms with Gasteiger partial charge in [-0.3, -0.25) is 4.21 Å². The maximum absolute atomic E-state index is 14.3. The Morgan fingerprint density at radius 3 is 1.32 bits per heavy atom. The lowest BCUT2D eigenvalue weighted by atomic mass is 9.98. The molecule has 1 saturated heterocycles. The van der Waals surface area contributed by atoms with E-state index in [0.29, 0.717) is 31.3 Å². The minimum atomic E-state index is -1.58. The zero-order valence-corrected chi connectivity index (χ0v) is 27.0. The molecule has 0 aromatic heterocycles. The Morgan fingerprint density at radius 1 is 0.468 bits per heavy atom. The molecule has 47 heavy (non-hydrogen) atoms. The van der Waals surface area contributed by atoms with E-state index < -0.39 is 40.7 Å². The molecule has 0 bridgehead atoms. The first kappa shape index (κ1) is 33.0. The average molecular weight is 649 g/mol. The largest absolute Gasteiger partial charge is 0.374 e. The van der Waals surface area contributed by atoms with Crippen molar-refractivity contribution in [1.82, 2.24) is 0 Å². The van der Waals surface area contributed by atoms with Crippen LogP contribution in [0.3, 0.4) is 0 Å². The molecule has 1 aliphatic heterocycles. The van der Waals surface area contributed by atoms with E-state index in [2.05, 4.69) is 0 Å². The zero-order chi connectivity index (χ0) is 32.1. The molecular formula is C40H40O6S. The van der Waals surface area contributed by atoms with E-state index in [4.69, 9.17) is 23.7 Å². The smallest absolute Gasteiger partial charge is 0.166 e. The van der Waals surface area contributed by atoms with Gasteiger partial charge in [0.15, 0.2) is 5.44 Å². The first-order chi connectivity index (χ1) is 23.2. The molecule has 6 atom stereocenters. The summed E-state index contributed by atoms with van der Waals surface area (Å²) in [5.41, 5.74) is 3.24. The highest BCUT2D eigenvalue weighted by atomic mass is 32.2. The molecule has 1 heterocycles. The Bertz CT molecular complexity index is 1620. The molecule has 1 fully saturated rings. The molecule has 242 valence electrons. The summed E-state index contributed by atoms with van der Waals surface area (Å²) in [5.74, 6) is 0. The van der Waals surface area contributed by atoms with Crippen molar-refractivity contribution in [2.45, 2.75) is 61.2 Å². The van der Waals surface area contributed by atoms with Crippen molar-refractivity contribution in [2.24, 2.45) is 0 Å². The Labute approximate surface area is 279 Å². The first-order valence-corrected chi connectivity index (χ1v) is 17.2. The van der Waals surface area contributed by atoms with Crippen LogP contribution in [-0.4, -0.2) is 40.7 Å². The molecule has 7 heteroatoms. The molecule has 6 rings (SSSR count). The lowest BCUT2D eigenvalue weighted by Gasteiger charge is -2.45. The van der Waals surface area contributed by atoms with Crippen molar-refractivity contribution < 1.29 is 27.9 Å². The van der Waals surface area contributed by atoms with Gasteiger partial charge in [0.25, 0.3) is 0 Å². The van der Waals surface area contributed by atoms with Gasteiger partial charge in [-0.2, -0.15) is 0 Å². The number of benzene rings is 5. The zero-order valence-electron chi connectivity index (χ0n) is 26.2. The Balaban J connectivity index is 1.34. The third-order valence-electron chi connectivity index (χ3n) is 8.03. The monoisotopic (exact) mass is 648 g/mol. The number of ether oxygens (including phenoxy) is 5. The summed E-state index contributed by atoms with van der Waals surface area (Å²) in [6.45, 7) is 1.58. The second kappa shape index (κ2) is 17.3. The molecule has 2 unspecified atom stereocenters. The summed E-state index contributed by atoms with van der Waals surface area (Å²) in [4.78, 5) is 0.653. The molecule has 5 aromatic rings. The Hall–Kier alpha value is -3.95. The van der Waals surface area contributed by atoms with Crippen LogP contribution in [0.5, 0.6) is 0 Å². The molecule has 0 radical (unpaired) electrons. The predicted octanol–water partition coefficient (Wildman–Crippen LogP) is 7.49. The quantitative estimate of drug-likeness (QED) is 0.117. The van der Waals surface area contributed by atoms with Gasteiger partial charge in [-0.25, -0.2) is 0 Å². The van der Waals surface area contributed by atoms with Crippen LogP contribution < -0.4 is 0 Å². The lowest BCUT2D eigenvalue weighted by molar-refractivity contribution is -0.255. The van der Waals surface area contributed by atoms with Gasteiger partial charge in [0, 0.05) is 4.90 Å². The first-order valence-electron chi connectivity index (χ1n) is 15.9. The summed E-state index contributed by atoms with van der Waals surface area (Å²) in [6.07, 6.45) is -2.51. The van der Waals surface area contributed by atoms with Crippen LogP contribution in [0.25, 0.3) is 0 Å². The molecule has 0 N–H and O–H groups in total. The minimum Gasteiger partial charge on any atom is -0.374 e. The van der Waals surface area contributed by atoms with E-state index in [1.807, 2.05) is 152 Å². The van der Waals surface area contributed by atoms with Gasteiger partial charge in [-0.1, -0.05) is 140 Å². The molecule has 0 aliphatic carbocycles. The highest BCUT2D eigenvalue weighted by Crippen LogP contribution is 2.34. The van der Waals surface area contributed by atoms with Gasteiger partial charge in [0.05, 0.1) is 43.8 Å². The standard InChI is InChI=1S/C40H40O6S/c41-47(35-24-14-5-15-25-35)40-39(45-29-34-22-12-4-13-23-34)38(44-28-33-20-10-3-11-21-33)37(43-27-32-18-8-2-9-19-32)36(46-40)30-42-26-31-16-6-1-7-17-31/h1-25,36-40H,26-30H2/t36-,37-,38+,39+,40?,47?/m1/s1. The fourth-order valence-electron chi connectivity index (χ4n) is 5.61. The van der Waals surface area contributed by atoms with Crippen LogP contribution in [0, 0.1) is 0 Å². The van der Waals surface area contributed by atoms with Crippen LogP contribution in [-0.2, 0) is 60.9 Å². The number of hydrogen-bond acceptors (Lipinski definition) is 6. The Morgan fingerprint density at radius 2 is 0.851 bits per heavy atom. The van der Waals surface area contributed by atoms with E-state index in [0.717, 1.165) is 22.3 Å². The SMILES string of the molecule is O=S(c1ccccc1)C1O[C@H](COCc2ccccc2)[C@@H](OCc2ccccc2)[C@H](OCc2ccccc2)[C@@H]1OCc1ccccc1. The Kier molecular flexibility index (Phi) is 12.1. The third-order valence-corrected chi connectivity index (χ3v) is 9.57. The van der Waals surface area contributed by atoms with Crippen molar-refractivity contribution in [3.63, 3.8) is 0 Å². The maximum atomic E-state index is 14.3. The fraction of sp³-hybridized carbons (Fsp3) is 0.250. The average Bonchev–Trinajstić information content (AvgIpc) is 3.14. The van der Waals surface area contributed by atoms with Crippen molar-refractivity contribution in [2.75, 3.05) is 6.61 Å². The van der Waals surface area contributed by atoms with Crippen molar-refractivity contribution in [3.8, 4) is 0 Å². The molecular weight excluding hydrogens is 609 g/mol. The molecule has 0 amide bonds.